The van der Waals surface area contributed by atoms with Gasteiger partial charge in [0.2, 0.25) is 0 Å². The molecular formula is C26H19FN2O4S. The number of amides is 2. The Balaban J connectivity index is 1.50. The van der Waals surface area contributed by atoms with Gasteiger partial charge in [0.1, 0.15) is 12.4 Å². The van der Waals surface area contributed by atoms with Crippen LogP contribution in [0.15, 0.2) is 71.6 Å². The summed E-state index contributed by atoms with van der Waals surface area (Å²) in [4.78, 5) is 26.4. The predicted octanol–water partition coefficient (Wildman–Crippen LogP) is 5.52. The van der Waals surface area contributed by atoms with Crippen molar-refractivity contribution >= 4 is 29.0 Å². The number of carbonyl (C=O) groups excluding carboxylic acids is 2. The summed E-state index contributed by atoms with van der Waals surface area (Å²) in [5.41, 5.74) is 2.19. The first-order valence-corrected chi connectivity index (χ1v) is 11.1. The number of imide groups is 1. The molecule has 34 heavy (non-hydrogen) atoms. The molecule has 1 fully saturated rings. The first-order valence-electron chi connectivity index (χ1n) is 10.3. The van der Waals surface area contributed by atoms with Gasteiger partial charge in [0.15, 0.2) is 11.5 Å². The van der Waals surface area contributed by atoms with E-state index >= 15 is 0 Å². The van der Waals surface area contributed by atoms with Crippen molar-refractivity contribution < 1.29 is 23.5 Å². The van der Waals surface area contributed by atoms with E-state index in [1.165, 1.54) is 13.2 Å². The lowest BCUT2D eigenvalue weighted by Gasteiger charge is -2.13. The third-order valence-corrected chi connectivity index (χ3v) is 6.07. The van der Waals surface area contributed by atoms with Gasteiger partial charge in [0, 0.05) is 11.1 Å². The number of hydrogen-bond donors (Lipinski definition) is 0. The van der Waals surface area contributed by atoms with Gasteiger partial charge in [0.05, 0.1) is 30.2 Å². The number of ether oxygens (including phenoxy) is 2. The van der Waals surface area contributed by atoms with Gasteiger partial charge < -0.3 is 9.47 Å². The van der Waals surface area contributed by atoms with E-state index in [0.717, 1.165) is 22.2 Å². The lowest BCUT2D eigenvalue weighted by molar-refractivity contribution is -0.123. The zero-order valence-corrected chi connectivity index (χ0v) is 19.0. The third kappa shape index (κ3) is 4.95. The molecule has 0 bridgehead atoms. The Morgan fingerprint density at radius 3 is 2.50 bits per heavy atom. The summed E-state index contributed by atoms with van der Waals surface area (Å²) in [5, 5.41) is 8.78. The molecule has 0 atom stereocenters. The van der Waals surface area contributed by atoms with Crippen LogP contribution >= 0.6 is 11.8 Å². The number of halogens is 1. The van der Waals surface area contributed by atoms with Crippen molar-refractivity contribution in [2.75, 3.05) is 7.11 Å². The second-order valence-corrected chi connectivity index (χ2v) is 8.32. The molecule has 170 valence electrons. The summed E-state index contributed by atoms with van der Waals surface area (Å²) in [6.45, 7) is 0.0589. The van der Waals surface area contributed by atoms with Crippen molar-refractivity contribution in [2.45, 2.75) is 13.2 Å². The summed E-state index contributed by atoms with van der Waals surface area (Å²) in [6, 6.07) is 20.5. The van der Waals surface area contributed by atoms with E-state index in [2.05, 4.69) is 6.07 Å². The van der Waals surface area contributed by atoms with Gasteiger partial charge in [-0.1, -0.05) is 42.5 Å². The Bertz CT molecular complexity index is 1330. The van der Waals surface area contributed by atoms with Crippen LogP contribution in [0, 0.1) is 17.1 Å². The number of carbonyl (C=O) groups is 2. The van der Waals surface area contributed by atoms with Crippen molar-refractivity contribution in [3.8, 4) is 17.6 Å². The molecule has 0 aliphatic carbocycles. The lowest BCUT2D eigenvalue weighted by atomic mass is 10.1. The molecule has 3 aromatic carbocycles. The van der Waals surface area contributed by atoms with E-state index in [1.807, 2.05) is 12.1 Å². The number of rotatable bonds is 7. The van der Waals surface area contributed by atoms with Gasteiger partial charge in [0.25, 0.3) is 11.1 Å². The molecule has 3 aromatic rings. The lowest BCUT2D eigenvalue weighted by Crippen LogP contribution is -2.27. The summed E-state index contributed by atoms with van der Waals surface area (Å²) >= 11 is 0.804. The highest BCUT2D eigenvalue weighted by molar-refractivity contribution is 8.18. The smallest absolute Gasteiger partial charge is 0.293 e. The maximum Gasteiger partial charge on any atom is 0.293 e. The second-order valence-electron chi connectivity index (χ2n) is 7.33. The van der Waals surface area contributed by atoms with Crippen molar-refractivity contribution in [3.63, 3.8) is 0 Å². The summed E-state index contributed by atoms with van der Waals surface area (Å²) in [6.07, 6.45) is 1.59. The monoisotopic (exact) mass is 474 g/mol. The fraction of sp³-hybridized carbons (Fsp3) is 0.115. The van der Waals surface area contributed by atoms with Gasteiger partial charge in [-0.15, -0.1) is 0 Å². The summed E-state index contributed by atoms with van der Waals surface area (Å²) < 4.78 is 25.2. The van der Waals surface area contributed by atoms with Gasteiger partial charge in [-0.3, -0.25) is 14.5 Å². The highest BCUT2D eigenvalue weighted by atomic mass is 32.2. The molecule has 0 radical (unpaired) electrons. The third-order valence-electron chi connectivity index (χ3n) is 5.17. The van der Waals surface area contributed by atoms with Crippen LogP contribution in [-0.4, -0.2) is 23.2 Å². The van der Waals surface area contributed by atoms with Crippen LogP contribution in [0.2, 0.25) is 0 Å². The van der Waals surface area contributed by atoms with E-state index in [1.54, 1.807) is 54.6 Å². The van der Waals surface area contributed by atoms with Crippen molar-refractivity contribution in [2.24, 2.45) is 0 Å². The number of thioether (sulfide) groups is 1. The summed E-state index contributed by atoms with van der Waals surface area (Å²) in [7, 11) is 1.50. The molecule has 1 aliphatic heterocycles. The molecule has 0 N–H and O–H groups in total. The molecule has 8 heteroatoms. The maximum absolute atomic E-state index is 14.0. The van der Waals surface area contributed by atoms with Gasteiger partial charge >= 0.3 is 0 Å². The quantitative estimate of drug-likeness (QED) is 0.420. The zero-order chi connectivity index (χ0) is 24.1. The molecule has 1 aliphatic rings. The molecular weight excluding hydrogens is 455 g/mol. The highest BCUT2D eigenvalue weighted by Gasteiger charge is 2.35. The Hall–Kier alpha value is -4.09. The van der Waals surface area contributed by atoms with Gasteiger partial charge in [-0.05, 0) is 47.7 Å². The Morgan fingerprint density at radius 2 is 1.76 bits per heavy atom. The molecule has 1 heterocycles. The minimum atomic E-state index is -0.481. The number of benzene rings is 3. The minimum absolute atomic E-state index is 0.130. The van der Waals surface area contributed by atoms with Crippen LogP contribution in [0.5, 0.6) is 11.5 Å². The van der Waals surface area contributed by atoms with Crippen molar-refractivity contribution in [1.82, 2.24) is 4.90 Å². The van der Waals surface area contributed by atoms with Crippen LogP contribution in [0.3, 0.4) is 0 Å². The number of hydrogen-bond acceptors (Lipinski definition) is 6. The SMILES string of the molecule is COc1cc(/C=C2\SC(=O)N(Cc3ccccc3F)C2=O)ccc1OCc1ccccc1C#N. The van der Waals surface area contributed by atoms with Crippen LogP contribution in [-0.2, 0) is 17.9 Å². The molecule has 1 saturated heterocycles. The van der Waals surface area contributed by atoms with E-state index in [0.29, 0.717) is 22.6 Å². The average Bonchev–Trinajstić information content (AvgIpc) is 3.11. The van der Waals surface area contributed by atoms with Crippen molar-refractivity contribution in [1.29, 1.82) is 5.26 Å². The van der Waals surface area contributed by atoms with E-state index in [9.17, 15) is 19.2 Å². The molecule has 0 unspecified atom stereocenters. The topological polar surface area (TPSA) is 79.6 Å². The Kier molecular flexibility index (Phi) is 6.95. The van der Waals surface area contributed by atoms with Crippen LogP contribution in [0.4, 0.5) is 9.18 Å². The first kappa shape index (κ1) is 23.1. The van der Waals surface area contributed by atoms with Gasteiger partial charge in [-0.25, -0.2) is 4.39 Å². The standard InChI is InChI=1S/C26H19FN2O4S/c1-32-23-12-17(10-11-22(23)33-16-20-8-3-2-6-18(20)14-28)13-24-25(30)29(26(31)34-24)15-19-7-4-5-9-21(19)27/h2-13H,15-16H2,1H3/b24-13-. The minimum Gasteiger partial charge on any atom is -0.493 e. The fourth-order valence-corrected chi connectivity index (χ4v) is 4.23. The predicted molar refractivity (Wildman–Crippen MR) is 126 cm³/mol. The Labute approximate surface area is 200 Å². The maximum atomic E-state index is 14.0. The average molecular weight is 475 g/mol. The van der Waals surface area contributed by atoms with E-state index in [4.69, 9.17) is 9.47 Å². The van der Waals surface area contributed by atoms with E-state index < -0.39 is 17.0 Å². The molecule has 4 rings (SSSR count). The molecule has 2 amide bonds. The van der Waals surface area contributed by atoms with Crippen LogP contribution < -0.4 is 9.47 Å². The molecule has 0 spiro atoms. The number of nitriles is 1. The molecule has 0 saturated carbocycles. The number of nitrogens with zero attached hydrogens (tertiary/aromatic N) is 2. The summed E-state index contributed by atoms with van der Waals surface area (Å²) in [5.74, 6) is -0.0391. The normalized spacial score (nSPS) is 14.4. The number of methoxy groups -OCH3 is 1. The van der Waals surface area contributed by atoms with Gasteiger partial charge in [-0.2, -0.15) is 5.26 Å². The van der Waals surface area contributed by atoms with E-state index in [-0.39, 0.29) is 23.6 Å². The largest absolute Gasteiger partial charge is 0.493 e. The highest BCUT2D eigenvalue weighted by Crippen LogP contribution is 2.35. The zero-order valence-electron chi connectivity index (χ0n) is 18.2. The Morgan fingerprint density at radius 1 is 1.03 bits per heavy atom. The van der Waals surface area contributed by atoms with Crippen molar-refractivity contribution in [3.05, 3.63) is 99.7 Å². The molecule has 0 aromatic heterocycles. The first-order chi connectivity index (χ1) is 16.5. The second kappa shape index (κ2) is 10.2. The fourth-order valence-electron chi connectivity index (χ4n) is 3.39. The molecule has 6 nitrogen and oxygen atoms in total. The van der Waals surface area contributed by atoms with Crippen LogP contribution in [0.25, 0.3) is 6.08 Å². The van der Waals surface area contributed by atoms with Crippen LogP contribution in [0.1, 0.15) is 22.3 Å².